The van der Waals surface area contributed by atoms with E-state index in [4.69, 9.17) is 0 Å². The van der Waals surface area contributed by atoms with Gasteiger partial charge in [-0.15, -0.1) is 11.3 Å². The highest BCUT2D eigenvalue weighted by Crippen LogP contribution is 2.38. The smallest absolute Gasteiger partial charge is 0.262 e. The van der Waals surface area contributed by atoms with Crippen molar-refractivity contribution in [1.29, 1.82) is 0 Å². The fraction of sp³-hybridized carbons (Fsp3) is 0.136. The number of fused-ring (bicyclic) bond motifs is 2. The minimum Gasteiger partial charge on any atom is -0.339 e. The maximum atomic E-state index is 12.7. The second-order valence-electron chi connectivity index (χ2n) is 6.91. The van der Waals surface area contributed by atoms with E-state index in [1.807, 2.05) is 41.8 Å². The Balaban J connectivity index is 1.40. The summed E-state index contributed by atoms with van der Waals surface area (Å²) in [7, 11) is 0. The zero-order valence-electron chi connectivity index (χ0n) is 15.5. The monoisotopic (exact) mass is 402 g/mol. The van der Waals surface area contributed by atoms with Gasteiger partial charge >= 0.3 is 0 Å². The van der Waals surface area contributed by atoms with E-state index in [-0.39, 0.29) is 18.0 Å². The number of hydrogen-bond donors (Lipinski definition) is 1. The molecule has 0 saturated heterocycles. The van der Waals surface area contributed by atoms with Crippen molar-refractivity contribution in [2.45, 2.75) is 13.0 Å². The number of amides is 1. The van der Waals surface area contributed by atoms with Gasteiger partial charge in [-0.05, 0) is 41.6 Å². The number of carbonyl (C=O) groups is 1. The van der Waals surface area contributed by atoms with Gasteiger partial charge in [0.25, 0.3) is 5.56 Å². The second kappa shape index (κ2) is 7.18. The molecule has 0 aliphatic carbocycles. The third-order valence-corrected chi connectivity index (χ3v) is 5.94. The van der Waals surface area contributed by atoms with E-state index >= 15 is 0 Å². The van der Waals surface area contributed by atoms with Crippen LogP contribution in [0.4, 0.5) is 17.1 Å². The molecule has 3 heterocycles. The first kappa shape index (κ1) is 17.6. The molecule has 5 rings (SSSR count). The molecule has 144 valence electrons. The van der Waals surface area contributed by atoms with Crippen LogP contribution in [0.2, 0.25) is 0 Å². The molecule has 0 fully saturated rings. The number of thiophene rings is 1. The van der Waals surface area contributed by atoms with Crippen molar-refractivity contribution in [2.75, 3.05) is 16.8 Å². The van der Waals surface area contributed by atoms with E-state index in [1.165, 1.54) is 27.8 Å². The van der Waals surface area contributed by atoms with Crippen LogP contribution in [0.3, 0.4) is 0 Å². The molecule has 29 heavy (non-hydrogen) atoms. The summed E-state index contributed by atoms with van der Waals surface area (Å²) < 4.78 is 1.35. The molecule has 1 aliphatic heterocycles. The molecule has 0 saturated carbocycles. The summed E-state index contributed by atoms with van der Waals surface area (Å²) in [6, 6.07) is 17.8. The number of carbonyl (C=O) groups excluding carboxylic acids is 1. The minimum absolute atomic E-state index is 0.0808. The Bertz CT molecular complexity index is 1280. The lowest BCUT2D eigenvalue weighted by Crippen LogP contribution is -2.28. The molecule has 4 aromatic rings. The fourth-order valence-electron chi connectivity index (χ4n) is 3.75. The van der Waals surface area contributed by atoms with Crippen molar-refractivity contribution >= 4 is 44.5 Å². The Hall–Kier alpha value is -3.45. The predicted octanol–water partition coefficient (Wildman–Crippen LogP) is 3.79. The highest BCUT2D eigenvalue weighted by molar-refractivity contribution is 7.16. The third kappa shape index (κ3) is 3.19. The average Bonchev–Trinajstić information content (AvgIpc) is 3.38. The van der Waals surface area contributed by atoms with Gasteiger partial charge in [-0.3, -0.25) is 14.2 Å². The lowest BCUT2D eigenvalue weighted by molar-refractivity contribution is -0.116. The van der Waals surface area contributed by atoms with Gasteiger partial charge in [0.15, 0.2) is 0 Å². The zero-order valence-corrected chi connectivity index (χ0v) is 16.4. The number of aromatic nitrogens is 2. The van der Waals surface area contributed by atoms with Crippen molar-refractivity contribution < 1.29 is 4.79 Å². The van der Waals surface area contributed by atoms with Crippen molar-refractivity contribution in [1.82, 2.24) is 9.55 Å². The topological polar surface area (TPSA) is 67.2 Å². The molecule has 2 aromatic heterocycles. The standard InChI is InChI=1S/C22H18N4O2S/c27-20(13-25-14-23-21-16(22(25)28)10-12-29-21)24-17-6-2-4-8-19(17)26-11-9-15-5-1-3-7-18(15)26/h1-8,10,12,14H,9,11,13H2,(H,24,27). The lowest BCUT2D eigenvalue weighted by atomic mass is 10.2. The van der Waals surface area contributed by atoms with E-state index in [0.29, 0.717) is 10.2 Å². The molecule has 0 atom stereocenters. The van der Waals surface area contributed by atoms with Crippen LogP contribution in [0.5, 0.6) is 0 Å². The number of anilines is 3. The van der Waals surface area contributed by atoms with Gasteiger partial charge in [0.05, 0.1) is 23.1 Å². The molecule has 1 N–H and O–H groups in total. The van der Waals surface area contributed by atoms with Crippen LogP contribution in [0.1, 0.15) is 5.56 Å². The summed E-state index contributed by atoms with van der Waals surface area (Å²) in [6.45, 7) is 0.785. The molecular weight excluding hydrogens is 384 g/mol. The van der Waals surface area contributed by atoms with E-state index < -0.39 is 0 Å². The van der Waals surface area contributed by atoms with Crippen molar-refractivity contribution in [3.63, 3.8) is 0 Å². The van der Waals surface area contributed by atoms with Crippen molar-refractivity contribution in [2.24, 2.45) is 0 Å². The van der Waals surface area contributed by atoms with Crippen LogP contribution in [-0.4, -0.2) is 22.0 Å². The normalized spacial score (nSPS) is 12.9. The number of hydrogen-bond acceptors (Lipinski definition) is 5. The van der Waals surface area contributed by atoms with Crippen LogP contribution in [0.25, 0.3) is 10.2 Å². The Kier molecular flexibility index (Phi) is 4.37. The summed E-state index contributed by atoms with van der Waals surface area (Å²) in [5.74, 6) is -0.261. The quantitative estimate of drug-likeness (QED) is 0.564. The Morgan fingerprint density at radius 2 is 1.86 bits per heavy atom. The minimum atomic E-state index is -0.261. The largest absolute Gasteiger partial charge is 0.339 e. The third-order valence-electron chi connectivity index (χ3n) is 5.12. The molecule has 1 aliphatic rings. The van der Waals surface area contributed by atoms with Crippen LogP contribution < -0.4 is 15.8 Å². The van der Waals surface area contributed by atoms with Gasteiger partial charge in [0.2, 0.25) is 5.91 Å². The zero-order chi connectivity index (χ0) is 19.8. The van der Waals surface area contributed by atoms with E-state index in [2.05, 4.69) is 27.3 Å². The van der Waals surface area contributed by atoms with Gasteiger partial charge in [-0.25, -0.2) is 4.98 Å². The van der Waals surface area contributed by atoms with Gasteiger partial charge < -0.3 is 10.2 Å². The van der Waals surface area contributed by atoms with Crippen LogP contribution in [0.15, 0.2) is 71.1 Å². The van der Waals surface area contributed by atoms with Gasteiger partial charge in [0.1, 0.15) is 11.4 Å². The molecule has 7 heteroatoms. The molecule has 1 amide bonds. The lowest BCUT2D eigenvalue weighted by Gasteiger charge is -2.23. The Morgan fingerprint density at radius 3 is 2.76 bits per heavy atom. The maximum Gasteiger partial charge on any atom is 0.262 e. The van der Waals surface area contributed by atoms with Crippen LogP contribution in [0, 0.1) is 0 Å². The van der Waals surface area contributed by atoms with Gasteiger partial charge in [-0.1, -0.05) is 30.3 Å². The highest BCUT2D eigenvalue weighted by Gasteiger charge is 2.22. The predicted molar refractivity (Wildman–Crippen MR) is 116 cm³/mol. The number of para-hydroxylation sites is 3. The summed E-state index contributed by atoms with van der Waals surface area (Å²) in [5, 5.41) is 5.34. The van der Waals surface area contributed by atoms with Crippen LogP contribution >= 0.6 is 11.3 Å². The van der Waals surface area contributed by atoms with Crippen molar-refractivity contribution in [3.05, 3.63) is 82.2 Å². The van der Waals surface area contributed by atoms with Crippen molar-refractivity contribution in [3.8, 4) is 0 Å². The number of nitrogens with one attached hydrogen (secondary N) is 1. The second-order valence-corrected chi connectivity index (χ2v) is 7.81. The number of rotatable bonds is 4. The van der Waals surface area contributed by atoms with E-state index in [1.54, 1.807) is 6.07 Å². The molecular formula is C22H18N4O2S. The summed E-state index contributed by atoms with van der Waals surface area (Å²) >= 11 is 1.41. The van der Waals surface area contributed by atoms with E-state index in [0.717, 1.165) is 30.0 Å². The molecule has 6 nitrogen and oxygen atoms in total. The Morgan fingerprint density at radius 1 is 1.07 bits per heavy atom. The first-order valence-corrected chi connectivity index (χ1v) is 10.3. The number of nitrogens with zero attached hydrogens (tertiary/aromatic N) is 3. The molecule has 0 radical (unpaired) electrons. The molecule has 0 unspecified atom stereocenters. The first-order valence-electron chi connectivity index (χ1n) is 9.38. The van der Waals surface area contributed by atoms with Gasteiger partial charge in [0, 0.05) is 12.2 Å². The van der Waals surface area contributed by atoms with Crippen LogP contribution in [-0.2, 0) is 17.8 Å². The summed E-state index contributed by atoms with van der Waals surface area (Å²) in [5.41, 5.74) is 3.94. The molecule has 0 spiro atoms. The molecule has 0 bridgehead atoms. The summed E-state index contributed by atoms with van der Waals surface area (Å²) in [6.07, 6.45) is 2.41. The Labute approximate surface area is 171 Å². The fourth-order valence-corrected chi connectivity index (χ4v) is 4.48. The number of benzene rings is 2. The molecule has 2 aromatic carbocycles. The highest BCUT2D eigenvalue weighted by atomic mass is 32.1. The van der Waals surface area contributed by atoms with E-state index in [9.17, 15) is 9.59 Å². The average molecular weight is 402 g/mol. The SMILES string of the molecule is O=C(Cn1cnc2sccc2c1=O)Nc1ccccc1N1CCc2ccccc21. The maximum absolute atomic E-state index is 12.7. The summed E-state index contributed by atoms with van der Waals surface area (Å²) in [4.78, 5) is 32.4. The van der Waals surface area contributed by atoms with Gasteiger partial charge in [-0.2, -0.15) is 0 Å². The first-order chi connectivity index (χ1) is 14.2.